The first kappa shape index (κ1) is 15.5. The summed E-state index contributed by atoms with van der Waals surface area (Å²) in [5.41, 5.74) is 0.731. The number of aliphatic carboxylic acids is 1. The van der Waals surface area contributed by atoms with Crippen molar-refractivity contribution >= 4 is 16.7 Å². The average molecular weight is 325 g/mol. The van der Waals surface area contributed by atoms with Crippen molar-refractivity contribution in [1.82, 2.24) is 4.90 Å². The van der Waals surface area contributed by atoms with E-state index in [2.05, 4.69) is 23.1 Å². The van der Waals surface area contributed by atoms with E-state index >= 15 is 0 Å². The number of likely N-dealkylation sites (tertiary alicyclic amines) is 1. The van der Waals surface area contributed by atoms with E-state index in [1.54, 1.807) is 7.11 Å². The van der Waals surface area contributed by atoms with Gasteiger partial charge in [0.15, 0.2) is 0 Å². The van der Waals surface area contributed by atoms with Gasteiger partial charge in [-0.1, -0.05) is 36.8 Å². The minimum atomic E-state index is -0.605. The van der Waals surface area contributed by atoms with Gasteiger partial charge in [-0.3, -0.25) is 9.69 Å². The Morgan fingerprint density at radius 3 is 2.79 bits per heavy atom. The second-order valence-corrected chi connectivity index (χ2v) is 7.19. The summed E-state index contributed by atoms with van der Waals surface area (Å²) in [6.07, 6.45) is 2.93. The quantitative estimate of drug-likeness (QED) is 0.934. The van der Waals surface area contributed by atoms with Crippen molar-refractivity contribution in [2.24, 2.45) is 11.3 Å². The largest absolute Gasteiger partial charge is 0.496 e. The standard InChI is InChI=1S/C20H23NO3/c1-24-18-9-8-14(16-6-2-3-7-17(16)18)11-21-12-15-5-4-10-20(15,13-21)19(22)23/h2-3,6-9,15H,4-5,10-13H2,1H3,(H,22,23)/t15-,20+/m0/s1. The number of carboxylic acids is 1. The highest BCUT2D eigenvalue weighted by Crippen LogP contribution is 2.49. The average Bonchev–Trinajstić information content (AvgIpc) is 3.13. The van der Waals surface area contributed by atoms with Crippen LogP contribution >= 0.6 is 0 Å². The van der Waals surface area contributed by atoms with Gasteiger partial charge >= 0.3 is 5.97 Å². The van der Waals surface area contributed by atoms with E-state index in [-0.39, 0.29) is 0 Å². The molecule has 1 aliphatic heterocycles. The van der Waals surface area contributed by atoms with Crippen LogP contribution in [0, 0.1) is 11.3 Å². The summed E-state index contributed by atoms with van der Waals surface area (Å²) in [6.45, 7) is 2.37. The van der Waals surface area contributed by atoms with E-state index in [9.17, 15) is 9.90 Å². The molecule has 24 heavy (non-hydrogen) atoms. The molecule has 126 valence electrons. The van der Waals surface area contributed by atoms with Gasteiger partial charge in [0.25, 0.3) is 0 Å². The summed E-state index contributed by atoms with van der Waals surface area (Å²) < 4.78 is 5.47. The Bertz CT molecular complexity index is 788. The first-order chi connectivity index (χ1) is 11.6. The van der Waals surface area contributed by atoms with E-state index in [4.69, 9.17) is 4.74 Å². The fraction of sp³-hybridized carbons (Fsp3) is 0.450. The Labute approximate surface area is 142 Å². The zero-order valence-corrected chi connectivity index (χ0v) is 14.0. The molecule has 0 amide bonds. The number of hydrogen-bond donors (Lipinski definition) is 1. The number of hydrogen-bond acceptors (Lipinski definition) is 3. The fourth-order valence-corrected chi connectivity index (χ4v) is 4.75. The van der Waals surface area contributed by atoms with Gasteiger partial charge < -0.3 is 9.84 Å². The van der Waals surface area contributed by atoms with E-state index < -0.39 is 11.4 Å². The van der Waals surface area contributed by atoms with Crippen molar-refractivity contribution in [2.75, 3.05) is 20.2 Å². The van der Waals surface area contributed by atoms with E-state index in [0.29, 0.717) is 12.5 Å². The van der Waals surface area contributed by atoms with Crippen LogP contribution in [0.5, 0.6) is 5.75 Å². The lowest BCUT2D eigenvalue weighted by Crippen LogP contribution is -2.35. The van der Waals surface area contributed by atoms with Crippen molar-refractivity contribution in [1.29, 1.82) is 0 Å². The fourth-order valence-electron chi connectivity index (χ4n) is 4.75. The van der Waals surface area contributed by atoms with Gasteiger partial charge in [-0.05, 0) is 35.8 Å². The lowest BCUT2D eigenvalue weighted by Gasteiger charge is -2.23. The molecule has 0 unspecified atom stereocenters. The van der Waals surface area contributed by atoms with Crippen molar-refractivity contribution in [2.45, 2.75) is 25.8 Å². The molecule has 1 N–H and O–H groups in total. The normalized spacial score (nSPS) is 26.6. The minimum absolute atomic E-state index is 0.305. The van der Waals surface area contributed by atoms with Crippen LogP contribution in [0.3, 0.4) is 0 Å². The number of rotatable bonds is 4. The molecule has 2 aromatic rings. The molecule has 2 fully saturated rings. The van der Waals surface area contributed by atoms with Crippen LogP contribution in [0.1, 0.15) is 24.8 Å². The number of ether oxygens (including phenoxy) is 1. The summed E-state index contributed by atoms with van der Waals surface area (Å²) in [4.78, 5) is 14.2. The van der Waals surface area contributed by atoms with Crippen molar-refractivity contribution < 1.29 is 14.6 Å². The highest BCUT2D eigenvalue weighted by molar-refractivity contribution is 5.91. The molecule has 1 saturated heterocycles. The molecule has 1 aliphatic carbocycles. The second-order valence-electron chi connectivity index (χ2n) is 7.19. The molecule has 1 heterocycles. The molecule has 0 bridgehead atoms. The van der Waals surface area contributed by atoms with E-state index in [1.165, 1.54) is 10.9 Å². The Morgan fingerprint density at radius 1 is 1.29 bits per heavy atom. The predicted octanol–water partition coefficient (Wildman–Crippen LogP) is 3.54. The van der Waals surface area contributed by atoms with Crippen LogP contribution in [0.2, 0.25) is 0 Å². The van der Waals surface area contributed by atoms with Crippen LogP contribution in [0.4, 0.5) is 0 Å². The van der Waals surface area contributed by atoms with Gasteiger partial charge in [0, 0.05) is 25.0 Å². The monoisotopic (exact) mass is 325 g/mol. The van der Waals surface area contributed by atoms with Crippen molar-refractivity contribution in [3.8, 4) is 5.75 Å². The number of nitrogens with zero attached hydrogens (tertiary/aromatic N) is 1. The predicted molar refractivity (Wildman–Crippen MR) is 93.2 cm³/mol. The SMILES string of the molecule is COc1ccc(CN2C[C@@H]3CCC[C@@]3(C(=O)O)C2)c2ccccc12. The molecule has 4 nitrogen and oxygen atoms in total. The van der Waals surface area contributed by atoms with Gasteiger partial charge in [-0.15, -0.1) is 0 Å². The Balaban J connectivity index is 1.63. The Morgan fingerprint density at radius 2 is 2.08 bits per heavy atom. The van der Waals surface area contributed by atoms with Crippen molar-refractivity contribution in [3.63, 3.8) is 0 Å². The molecule has 0 spiro atoms. The van der Waals surface area contributed by atoms with Gasteiger partial charge in [-0.25, -0.2) is 0 Å². The molecule has 1 saturated carbocycles. The number of fused-ring (bicyclic) bond motifs is 2. The number of carboxylic acid groups (broad SMARTS) is 1. The summed E-state index contributed by atoms with van der Waals surface area (Å²) in [5.74, 6) is 0.584. The molecule has 2 atom stereocenters. The highest BCUT2D eigenvalue weighted by Gasteiger charge is 2.54. The lowest BCUT2D eigenvalue weighted by atomic mass is 9.81. The topological polar surface area (TPSA) is 49.8 Å². The van der Waals surface area contributed by atoms with Crippen LogP contribution in [-0.2, 0) is 11.3 Å². The molecule has 0 aromatic heterocycles. The summed E-state index contributed by atoms with van der Waals surface area (Å²) in [6, 6.07) is 12.4. The molecular formula is C20H23NO3. The molecule has 2 aliphatic rings. The first-order valence-electron chi connectivity index (χ1n) is 8.64. The van der Waals surface area contributed by atoms with Crippen LogP contribution in [0.15, 0.2) is 36.4 Å². The van der Waals surface area contributed by atoms with Gasteiger partial charge in [0.2, 0.25) is 0 Å². The van der Waals surface area contributed by atoms with Crippen LogP contribution in [-0.4, -0.2) is 36.2 Å². The van der Waals surface area contributed by atoms with Gasteiger partial charge in [0.1, 0.15) is 5.75 Å². The number of methoxy groups -OCH3 is 1. The molecule has 0 radical (unpaired) electrons. The Hall–Kier alpha value is -2.07. The third kappa shape index (κ3) is 2.28. The maximum Gasteiger partial charge on any atom is 0.311 e. The van der Waals surface area contributed by atoms with Crippen LogP contribution in [0.25, 0.3) is 10.8 Å². The summed E-state index contributed by atoms with van der Waals surface area (Å²) in [7, 11) is 1.69. The Kier molecular flexibility index (Phi) is 3.72. The highest BCUT2D eigenvalue weighted by atomic mass is 16.5. The zero-order chi connectivity index (χ0) is 16.7. The molecule has 4 heteroatoms. The van der Waals surface area contributed by atoms with Crippen molar-refractivity contribution in [3.05, 3.63) is 42.0 Å². The lowest BCUT2D eigenvalue weighted by molar-refractivity contribution is -0.149. The molecule has 4 rings (SSSR count). The van der Waals surface area contributed by atoms with Gasteiger partial charge in [-0.2, -0.15) is 0 Å². The number of benzene rings is 2. The van der Waals surface area contributed by atoms with Gasteiger partial charge in [0.05, 0.1) is 12.5 Å². The first-order valence-corrected chi connectivity index (χ1v) is 8.64. The summed E-state index contributed by atoms with van der Waals surface area (Å²) in [5, 5.41) is 12.1. The third-order valence-electron chi connectivity index (χ3n) is 5.96. The summed E-state index contributed by atoms with van der Waals surface area (Å²) >= 11 is 0. The van der Waals surface area contributed by atoms with E-state index in [1.807, 2.05) is 18.2 Å². The zero-order valence-electron chi connectivity index (χ0n) is 14.0. The third-order valence-corrected chi connectivity index (χ3v) is 5.96. The second kappa shape index (κ2) is 5.78. The van der Waals surface area contributed by atoms with Crippen LogP contribution < -0.4 is 4.74 Å². The minimum Gasteiger partial charge on any atom is -0.496 e. The molecule has 2 aromatic carbocycles. The maximum absolute atomic E-state index is 11.9. The smallest absolute Gasteiger partial charge is 0.311 e. The van der Waals surface area contributed by atoms with E-state index in [0.717, 1.165) is 43.5 Å². The number of carbonyl (C=O) groups is 1. The molecular weight excluding hydrogens is 302 g/mol. The maximum atomic E-state index is 11.9.